The number of halogens is 1. The van der Waals surface area contributed by atoms with Gasteiger partial charge in [-0.1, -0.05) is 12.1 Å². The first-order valence-electron chi connectivity index (χ1n) is 7.85. The second-order valence-electron chi connectivity index (χ2n) is 5.49. The maximum Gasteiger partial charge on any atom is 0.379 e. The van der Waals surface area contributed by atoms with E-state index in [2.05, 4.69) is 15.9 Å². The molecule has 2 aromatic heterocycles. The molecule has 0 aliphatic heterocycles. The summed E-state index contributed by atoms with van der Waals surface area (Å²) in [6.45, 7) is 0. The second-order valence-corrected chi connectivity index (χ2v) is 6.34. The summed E-state index contributed by atoms with van der Waals surface area (Å²) in [6, 6.07) is 14.7. The average molecular weight is 427 g/mol. The van der Waals surface area contributed by atoms with Crippen LogP contribution >= 0.6 is 15.9 Å². The minimum Gasteiger partial charge on any atom is -0.460 e. The van der Waals surface area contributed by atoms with E-state index < -0.39 is 5.97 Å². The van der Waals surface area contributed by atoms with Gasteiger partial charge in [-0.25, -0.2) is 4.79 Å². The van der Waals surface area contributed by atoms with Gasteiger partial charge in [0.1, 0.15) is 23.3 Å². The van der Waals surface area contributed by atoms with Crippen molar-refractivity contribution in [2.24, 2.45) is 0 Å². The van der Waals surface area contributed by atoms with Crippen molar-refractivity contribution in [1.29, 1.82) is 0 Å². The highest BCUT2D eigenvalue weighted by atomic mass is 79.9. The van der Waals surface area contributed by atoms with Crippen LogP contribution in [0.3, 0.4) is 0 Å². The Morgan fingerprint density at radius 1 is 0.963 bits per heavy atom. The molecule has 0 saturated heterocycles. The van der Waals surface area contributed by atoms with Gasteiger partial charge in [0.15, 0.2) is 0 Å². The van der Waals surface area contributed by atoms with E-state index in [9.17, 15) is 9.59 Å². The Hall–Kier alpha value is -3.32. The topological polar surface area (TPSA) is 78.9 Å². The number of fused-ring (bicyclic) bond motifs is 1. The van der Waals surface area contributed by atoms with Gasteiger partial charge in [0.25, 0.3) is 0 Å². The van der Waals surface area contributed by atoms with Crippen LogP contribution in [0.2, 0.25) is 0 Å². The molecule has 0 aliphatic carbocycles. The molecule has 7 heteroatoms. The fourth-order valence-electron chi connectivity index (χ4n) is 2.42. The molecular weight excluding hydrogens is 416 g/mol. The summed E-state index contributed by atoms with van der Waals surface area (Å²) in [4.78, 5) is 24.6. The molecule has 0 N–H and O–H groups in total. The van der Waals surface area contributed by atoms with E-state index in [-0.39, 0.29) is 28.3 Å². The van der Waals surface area contributed by atoms with Gasteiger partial charge in [0.05, 0.1) is 16.1 Å². The molecule has 0 aliphatic rings. The van der Waals surface area contributed by atoms with E-state index in [0.29, 0.717) is 15.6 Å². The molecule has 6 nitrogen and oxygen atoms in total. The summed E-state index contributed by atoms with van der Waals surface area (Å²) in [5, 5.41) is 0.303. The second kappa shape index (κ2) is 7.13. The Balaban J connectivity index is 1.63. The summed E-state index contributed by atoms with van der Waals surface area (Å²) in [6.07, 6.45) is 2.60. The number of carbonyl (C=O) groups is 1. The maximum absolute atomic E-state index is 12.6. The Morgan fingerprint density at radius 2 is 1.81 bits per heavy atom. The molecule has 0 amide bonds. The summed E-state index contributed by atoms with van der Waals surface area (Å²) in [7, 11) is 0. The van der Waals surface area contributed by atoms with Crippen LogP contribution in [0.1, 0.15) is 10.6 Å². The Bertz CT molecular complexity index is 1180. The van der Waals surface area contributed by atoms with Crippen LogP contribution in [0.4, 0.5) is 0 Å². The number of benzene rings is 2. The van der Waals surface area contributed by atoms with Gasteiger partial charge in [-0.05, 0) is 52.3 Å². The summed E-state index contributed by atoms with van der Waals surface area (Å²) < 4.78 is 22.1. The molecule has 4 aromatic rings. The summed E-state index contributed by atoms with van der Waals surface area (Å²) in [5.74, 6) is 0.207. The fourth-order valence-corrected chi connectivity index (χ4v) is 2.79. The SMILES string of the molecule is O=C(Oc1ccc2c(=O)c(Oc3ccccc3Br)coc2c1)c1ccco1. The number of hydrogen-bond donors (Lipinski definition) is 0. The lowest BCUT2D eigenvalue weighted by molar-refractivity contribution is 0.0701. The largest absolute Gasteiger partial charge is 0.460 e. The number of esters is 1. The highest BCUT2D eigenvalue weighted by Crippen LogP contribution is 2.29. The molecule has 0 radical (unpaired) electrons. The van der Waals surface area contributed by atoms with Crippen LogP contribution in [-0.4, -0.2) is 5.97 Å². The normalized spacial score (nSPS) is 10.7. The highest BCUT2D eigenvalue weighted by molar-refractivity contribution is 9.10. The molecule has 0 bridgehead atoms. The monoisotopic (exact) mass is 426 g/mol. The number of hydrogen-bond acceptors (Lipinski definition) is 6. The lowest BCUT2D eigenvalue weighted by atomic mass is 10.2. The van der Waals surface area contributed by atoms with Crippen LogP contribution in [0.15, 0.2) is 85.2 Å². The van der Waals surface area contributed by atoms with Crippen molar-refractivity contribution in [2.75, 3.05) is 0 Å². The van der Waals surface area contributed by atoms with E-state index in [1.54, 1.807) is 24.3 Å². The van der Waals surface area contributed by atoms with Gasteiger partial charge < -0.3 is 18.3 Å². The quantitative estimate of drug-likeness (QED) is 0.331. The third-order valence-electron chi connectivity index (χ3n) is 3.70. The van der Waals surface area contributed by atoms with E-state index in [0.717, 1.165) is 0 Å². The first-order valence-corrected chi connectivity index (χ1v) is 8.65. The zero-order valence-corrected chi connectivity index (χ0v) is 15.3. The number of carbonyl (C=O) groups excluding carboxylic acids is 1. The molecular formula is C20H11BrO6. The fraction of sp³-hybridized carbons (Fsp3) is 0. The van der Waals surface area contributed by atoms with E-state index in [1.807, 2.05) is 6.07 Å². The van der Waals surface area contributed by atoms with Crippen molar-refractivity contribution in [2.45, 2.75) is 0 Å². The summed E-state index contributed by atoms with van der Waals surface area (Å²) >= 11 is 3.36. The predicted octanol–water partition coefficient (Wildman–Crippen LogP) is 5.16. The van der Waals surface area contributed by atoms with Gasteiger partial charge >= 0.3 is 5.97 Å². The van der Waals surface area contributed by atoms with Crippen molar-refractivity contribution >= 4 is 32.9 Å². The van der Waals surface area contributed by atoms with Gasteiger partial charge in [-0.2, -0.15) is 0 Å². The molecule has 0 unspecified atom stereocenters. The molecule has 4 rings (SSSR count). The number of para-hydroxylation sites is 1. The minimum atomic E-state index is -0.643. The molecule has 0 saturated carbocycles. The average Bonchev–Trinajstić information content (AvgIpc) is 3.21. The first-order chi connectivity index (χ1) is 13.1. The molecule has 134 valence electrons. The number of rotatable bonds is 4. The van der Waals surface area contributed by atoms with Crippen molar-refractivity contribution in [3.8, 4) is 17.2 Å². The Kier molecular flexibility index (Phi) is 4.52. The third kappa shape index (κ3) is 3.50. The summed E-state index contributed by atoms with van der Waals surface area (Å²) in [5.41, 5.74) is -0.0693. The first kappa shape index (κ1) is 17.1. The van der Waals surface area contributed by atoms with Crippen molar-refractivity contribution in [3.05, 3.63) is 87.6 Å². The van der Waals surface area contributed by atoms with Gasteiger partial charge in [-0.15, -0.1) is 0 Å². The third-order valence-corrected chi connectivity index (χ3v) is 4.36. The van der Waals surface area contributed by atoms with Gasteiger partial charge in [-0.3, -0.25) is 4.79 Å². The minimum absolute atomic E-state index is 0.0507. The lowest BCUT2D eigenvalue weighted by Gasteiger charge is -2.08. The Morgan fingerprint density at radius 3 is 2.59 bits per heavy atom. The highest BCUT2D eigenvalue weighted by Gasteiger charge is 2.14. The van der Waals surface area contributed by atoms with Crippen LogP contribution in [0.25, 0.3) is 11.0 Å². The van der Waals surface area contributed by atoms with Crippen LogP contribution in [0, 0.1) is 0 Å². The van der Waals surface area contributed by atoms with Crippen LogP contribution < -0.4 is 14.9 Å². The molecule has 0 atom stereocenters. The van der Waals surface area contributed by atoms with Gasteiger partial charge in [0.2, 0.25) is 16.9 Å². The van der Waals surface area contributed by atoms with Crippen molar-refractivity contribution < 1.29 is 23.1 Å². The van der Waals surface area contributed by atoms with E-state index in [4.69, 9.17) is 18.3 Å². The lowest BCUT2D eigenvalue weighted by Crippen LogP contribution is -2.08. The zero-order chi connectivity index (χ0) is 18.8. The molecule has 27 heavy (non-hydrogen) atoms. The standard InChI is InChI=1S/C20H11BrO6/c21-14-4-1-2-5-15(14)27-18-11-25-17-10-12(7-8-13(17)19(18)22)26-20(23)16-6-3-9-24-16/h1-11H. The Labute approximate surface area is 161 Å². The van der Waals surface area contributed by atoms with Crippen molar-refractivity contribution in [1.82, 2.24) is 0 Å². The van der Waals surface area contributed by atoms with Crippen LogP contribution in [-0.2, 0) is 0 Å². The molecule has 0 spiro atoms. The maximum atomic E-state index is 12.6. The van der Waals surface area contributed by atoms with E-state index >= 15 is 0 Å². The van der Waals surface area contributed by atoms with Crippen molar-refractivity contribution in [3.63, 3.8) is 0 Å². The molecule has 2 heterocycles. The number of ether oxygens (including phenoxy) is 2. The molecule has 0 fully saturated rings. The van der Waals surface area contributed by atoms with Crippen LogP contribution in [0.5, 0.6) is 17.2 Å². The van der Waals surface area contributed by atoms with Gasteiger partial charge in [0, 0.05) is 6.07 Å². The zero-order valence-electron chi connectivity index (χ0n) is 13.7. The molecule has 2 aromatic carbocycles. The number of furan rings is 1. The van der Waals surface area contributed by atoms with E-state index in [1.165, 1.54) is 36.8 Å². The smallest absolute Gasteiger partial charge is 0.379 e. The predicted molar refractivity (Wildman–Crippen MR) is 100 cm³/mol.